The second kappa shape index (κ2) is 4.50. The largest absolute Gasteiger partial charge is 0.493 e. The molecule has 0 fully saturated rings. The number of rotatable bonds is 4. The number of amidine groups is 1. The van der Waals surface area contributed by atoms with Gasteiger partial charge in [0.25, 0.3) is 0 Å². The van der Waals surface area contributed by atoms with Crippen LogP contribution in [0.3, 0.4) is 0 Å². The minimum absolute atomic E-state index is 0.0276. The van der Waals surface area contributed by atoms with Crippen LogP contribution in [0, 0.1) is 11.3 Å². The third kappa shape index (κ3) is 3.15. The molecule has 0 saturated carbocycles. The standard InChI is InChI=1S/C10H14N2O/c1-8(10(11)12)7-13-9-5-3-2-4-6-9/h2-6,8H,7H2,1H3,(H3,11,12). The number of benzene rings is 1. The van der Waals surface area contributed by atoms with E-state index in [0.29, 0.717) is 6.61 Å². The van der Waals surface area contributed by atoms with Crippen LogP contribution in [0.25, 0.3) is 0 Å². The van der Waals surface area contributed by atoms with E-state index >= 15 is 0 Å². The van der Waals surface area contributed by atoms with E-state index in [0.717, 1.165) is 5.75 Å². The van der Waals surface area contributed by atoms with E-state index in [-0.39, 0.29) is 11.8 Å². The van der Waals surface area contributed by atoms with Gasteiger partial charge in [-0.2, -0.15) is 0 Å². The summed E-state index contributed by atoms with van der Waals surface area (Å²) in [7, 11) is 0. The fourth-order valence-corrected chi connectivity index (χ4v) is 0.828. The molecule has 1 aromatic rings. The Kier molecular flexibility index (Phi) is 3.31. The van der Waals surface area contributed by atoms with Crippen LogP contribution in [-0.2, 0) is 0 Å². The highest BCUT2D eigenvalue weighted by molar-refractivity contribution is 5.79. The molecule has 1 unspecified atom stereocenters. The predicted octanol–water partition coefficient (Wildman–Crippen LogP) is 1.64. The molecule has 0 aliphatic heterocycles. The van der Waals surface area contributed by atoms with Gasteiger partial charge in [0.05, 0.1) is 12.4 Å². The molecule has 3 N–H and O–H groups in total. The topological polar surface area (TPSA) is 59.1 Å². The Labute approximate surface area is 78.0 Å². The first-order valence-corrected chi connectivity index (χ1v) is 4.22. The molecule has 1 atom stereocenters. The molecule has 3 nitrogen and oxygen atoms in total. The molecule has 70 valence electrons. The lowest BCUT2D eigenvalue weighted by Gasteiger charge is -2.10. The maximum absolute atomic E-state index is 7.16. The van der Waals surface area contributed by atoms with E-state index in [1.165, 1.54) is 0 Å². The minimum Gasteiger partial charge on any atom is -0.493 e. The lowest BCUT2D eigenvalue weighted by atomic mass is 10.2. The molecular weight excluding hydrogens is 164 g/mol. The van der Waals surface area contributed by atoms with E-state index in [9.17, 15) is 0 Å². The Morgan fingerprint density at radius 2 is 2.08 bits per heavy atom. The molecule has 0 radical (unpaired) electrons. The van der Waals surface area contributed by atoms with Crippen molar-refractivity contribution < 1.29 is 4.74 Å². The monoisotopic (exact) mass is 178 g/mol. The summed E-state index contributed by atoms with van der Waals surface area (Å²) >= 11 is 0. The van der Waals surface area contributed by atoms with Crippen LogP contribution in [0.5, 0.6) is 5.75 Å². The van der Waals surface area contributed by atoms with Gasteiger partial charge < -0.3 is 10.5 Å². The molecule has 1 aromatic carbocycles. The summed E-state index contributed by atoms with van der Waals surface area (Å²) in [5.41, 5.74) is 5.30. The van der Waals surface area contributed by atoms with Crippen molar-refractivity contribution in [1.82, 2.24) is 0 Å². The van der Waals surface area contributed by atoms with Gasteiger partial charge in [-0.3, -0.25) is 5.41 Å². The molecule has 0 saturated heterocycles. The van der Waals surface area contributed by atoms with Crippen LogP contribution in [0.2, 0.25) is 0 Å². The van der Waals surface area contributed by atoms with Crippen molar-refractivity contribution in [3.63, 3.8) is 0 Å². The number of nitrogens with two attached hydrogens (primary N) is 1. The normalized spacial score (nSPS) is 12.1. The molecule has 0 amide bonds. The Morgan fingerprint density at radius 1 is 1.46 bits per heavy atom. The number of para-hydroxylation sites is 1. The maximum atomic E-state index is 7.16. The molecule has 0 spiro atoms. The summed E-state index contributed by atoms with van der Waals surface area (Å²) in [6.07, 6.45) is 0. The average molecular weight is 178 g/mol. The zero-order chi connectivity index (χ0) is 9.68. The summed E-state index contributed by atoms with van der Waals surface area (Å²) in [4.78, 5) is 0. The van der Waals surface area contributed by atoms with Crippen LogP contribution in [0.15, 0.2) is 30.3 Å². The highest BCUT2D eigenvalue weighted by Gasteiger charge is 2.05. The van der Waals surface area contributed by atoms with Crippen LogP contribution in [-0.4, -0.2) is 12.4 Å². The van der Waals surface area contributed by atoms with E-state index in [4.69, 9.17) is 15.9 Å². The number of nitrogens with one attached hydrogen (secondary N) is 1. The van der Waals surface area contributed by atoms with Crippen molar-refractivity contribution in [2.75, 3.05) is 6.61 Å². The maximum Gasteiger partial charge on any atom is 0.119 e. The summed E-state index contributed by atoms with van der Waals surface area (Å²) in [6.45, 7) is 2.32. The SMILES string of the molecule is CC(COc1ccccc1)C(=N)N. The zero-order valence-electron chi connectivity index (χ0n) is 7.66. The lowest BCUT2D eigenvalue weighted by molar-refractivity contribution is 0.292. The molecule has 0 heterocycles. The highest BCUT2D eigenvalue weighted by Crippen LogP contribution is 2.09. The second-order valence-electron chi connectivity index (χ2n) is 2.98. The first kappa shape index (κ1) is 9.58. The van der Waals surface area contributed by atoms with E-state index < -0.39 is 0 Å². The molecule has 0 bridgehead atoms. The summed E-state index contributed by atoms with van der Waals surface area (Å²) in [5, 5.41) is 7.16. The highest BCUT2D eigenvalue weighted by atomic mass is 16.5. The van der Waals surface area contributed by atoms with Gasteiger partial charge in [-0.1, -0.05) is 25.1 Å². The molecule has 1 rings (SSSR count). The summed E-state index contributed by atoms with van der Waals surface area (Å²) < 4.78 is 5.41. The fraction of sp³-hybridized carbons (Fsp3) is 0.300. The van der Waals surface area contributed by atoms with Gasteiger partial charge in [-0.05, 0) is 12.1 Å². The Hall–Kier alpha value is -1.51. The van der Waals surface area contributed by atoms with E-state index in [1.54, 1.807) is 0 Å². The first-order valence-electron chi connectivity index (χ1n) is 4.22. The van der Waals surface area contributed by atoms with Crippen molar-refractivity contribution >= 4 is 5.84 Å². The summed E-state index contributed by atoms with van der Waals surface area (Å²) in [6, 6.07) is 9.52. The predicted molar refractivity (Wildman–Crippen MR) is 53.0 cm³/mol. The molecule has 0 aliphatic carbocycles. The van der Waals surface area contributed by atoms with E-state index in [2.05, 4.69) is 0 Å². The Bertz CT molecular complexity index is 272. The number of ether oxygens (including phenoxy) is 1. The van der Waals surface area contributed by atoms with Gasteiger partial charge in [0.1, 0.15) is 5.75 Å². The summed E-state index contributed by atoms with van der Waals surface area (Å²) in [5.74, 6) is 0.951. The lowest BCUT2D eigenvalue weighted by Crippen LogP contribution is -2.25. The van der Waals surface area contributed by atoms with Crippen LogP contribution >= 0.6 is 0 Å². The van der Waals surface area contributed by atoms with Crippen molar-refractivity contribution in [1.29, 1.82) is 5.41 Å². The molecule has 13 heavy (non-hydrogen) atoms. The average Bonchev–Trinajstić information content (AvgIpc) is 2.15. The van der Waals surface area contributed by atoms with Crippen molar-refractivity contribution in [3.8, 4) is 5.75 Å². The molecule has 0 aromatic heterocycles. The number of hydrogen-bond acceptors (Lipinski definition) is 2. The first-order chi connectivity index (χ1) is 6.20. The minimum atomic E-state index is -0.0276. The Morgan fingerprint density at radius 3 is 2.62 bits per heavy atom. The van der Waals surface area contributed by atoms with Gasteiger partial charge in [0, 0.05) is 5.92 Å². The van der Waals surface area contributed by atoms with Gasteiger partial charge in [0.2, 0.25) is 0 Å². The van der Waals surface area contributed by atoms with Crippen molar-refractivity contribution in [2.45, 2.75) is 6.92 Å². The van der Waals surface area contributed by atoms with Crippen LogP contribution in [0.1, 0.15) is 6.92 Å². The zero-order valence-corrected chi connectivity index (χ0v) is 7.66. The van der Waals surface area contributed by atoms with Crippen molar-refractivity contribution in [2.24, 2.45) is 11.7 Å². The number of hydrogen-bond donors (Lipinski definition) is 2. The quantitative estimate of drug-likeness (QED) is 0.544. The third-order valence-corrected chi connectivity index (χ3v) is 1.77. The van der Waals surface area contributed by atoms with Crippen molar-refractivity contribution in [3.05, 3.63) is 30.3 Å². The van der Waals surface area contributed by atoms with Crippen LogP contribution < -0.4 is 10.5 Å². The Balaban J connectivity index is 2.39. The van der Waals surface area contributed by atoms with Gasteiger partial charge >= 0.3 is 0 Å². The molecule has 0 aliphatic rings. The van der Waals surface area contributed by atoms with Crippen LogP contribution in [0.4, 0.5) is 0 Å². The second-order valence-corrected chi connectivity index (χ2v) is 2.98. The smallest absolute Gasteiger partial charge is 0.119 e. The third-order valence-electron chi connectivity index (χ3n) is 1.77. The van der Waals surface area contributed by atoms with Gasteiger partial charge in [-0.25, -0.2) is 0 Å². The fourth-order valence-electron chi connectivity index (χ4n) is 0.828. The van der Waals surface area contributed by atoms with Gasteiger partial charge in [0.15, 0.2) is 0 Å². The molecule has 3 heteroatoms. The van der Waals surface area contributed by atoms with E-state index in [1.807, 2.05) is 37.3 Å². The van der Waals surface area contributed by atoms with Gasteiger partial charge in [-0.15, -0.1) is 0 Å². The molecular formula is C10H14N2O.